The SMILES string of the molecule is Nc1ccc(C(=O)Nc2ccc(CO)cc2)cc1. The molecule has 0 atom stereocenters. The monoisotopic (exact) mass is 242 g/mol. The molecule has 18 heavy (non-hydrogen) atoms. The molecule has 4 heteroatoms. The third kappa shape index (κ3) is 2.87. The van der Waals surface area contributed by atoms with Crippen molar-refractivity contribution in [3.8, 4) is 0 Å². The van der Waals surface area contributed by atoms with Crippen LogP contribution >= 0.6 is 0 Å². The summed E-state index contributed by atoms with van der Waals surface area (Å²) in [5, 5.41) is 11.7. The smallest absolute Gasteiger partial charge is 0.255 e. The van der Waals surface area contributed by atoms with Crippen LogP contribution in [-0.2, 0) is 6.61 Å². The van der Waals surface area contributed by atoms with Gasteiger partial charge in [-0.15, -0.1) is 0 Å². The van der Waals surface area contributed by atoms with Crippen molar-refractivity contribution >= 4 is 17.3 Å². The Morgan fingerprint density at radius 2 is 1.67 bits per heavy atom. The van der Waals surface area contributed by atoms with Crippen molar-refractivity contribution in [2.45, 2.75) is 6.61 Å². The number of aliphatic hydroxyl groups excluding tert-OH is 1. The second kappa shape index (κ2) is 5.33. The van der Waals surface area contributed by atoms with Crippen LogP contribution in [-0.4, -0.2) is 11.0 Å². The van der Waals surface area contributed by atoms with Gasteiger partial charge in [0.1, 0.15) is 0 Å². The van der Waals surface area contributed by atoms with Crippen molar-refractivity contribution in [1.82, 2.24) is 0 Å². The molecule has 0 spiro atoms. The van der Waals surface area contributed by atoms with Gasteiger partial charge in [-0.1, -0.05) is 12.1 Å². The van der Waals surface area contributed by atoms with Gasteiger partial charge in [0.2, 0.25) is 0 Å². The number of anilines is 2. The number of nitrogens with two attached hydrogens (primary N) is 1. The molecule has 2 aromatic carbocycles. The normalized spacial score (nSPS) is 10.1. The molecule has 1 amide bonds. The number of carbonyl (C=O) groups excluding carboxylic acids is 1. The maximum absolute atomic E-state index is 11.9. The van der Waals surface area contributed by atoms with E-state index in [0.29, 0.717) is 16.9 Å². The molecule has 0 saturated heterocycles. The van der Waals surface area contributed by atoms with E-state index in [1.165, 1.54) is 0 Å². The van der Waals surface area contributed by atoms with Gasteiger partial charge in [-0.25, -0.2) is 0 Å². The first kappa shape index (κ1) is 12.1. The molecule has 0 aliphatic carbocycles. The van der Waals surface area contributed by atoms with Crippen LogP contribution < -0.4 is 11.1 Å². The fourth-order valence-corrected chi connectivity index (χ4v) is 1.53. The minimum atomic E-state index is -0.188. The molecule has 0 aliphatic heterocycles. The molecule has 2 rings (SSSR count). The lowest BCUT2D eigenvalue weighted by Gasteiger charge is -2.06. The largest absolute Gasteiger partial charge is 0.399 e. The maximum atomic E-state index is 11.9. The molecule has 0 unspecified atom stereocenters. The van der Waals surface area contributed by atoms with Crippen LogP contribution in [0.4, 0.5) is 11.4 Å². The van der Waals surface area contributed by atoms with Gasteiger partial charge in [-0.05, 0) is 42.0 Å². The van der Waals surface area contributed by atoms with E-state index in [2.05, 4.69) is 5.32 Å². The molecule has 0 aliphatic rings. The Bertz CT molecular complexity index is 533. The number of hydrogen-bond donors (Lipinski definition) is 3. The first-order valence-corrected chi connectivity index (χ1v) is 5.56. The van der Waals surface area contributed by atoms with Crippen LogP contribution in [0.2, 0.25) is 0 Å². The highest BCUT2D eigenvalue weighted by Crippen LogP contribution is 2.12. The van der Waals surface area contributed by atoms with Gasteiger partial charge in [0.05, 0.1) is 6.61 Å². The predicted molar refractivity (Wildman–Crippen MR) is 71.2 cm³/mol. The average Bonchev–Trinajstić information content (AvgIpc) is 2.40. The van der Waals surface area contributed by atoms with Crippen molar-refractivity contribution in [2.75, 3.05) is 11.1 Å². The van der Waals surface area contributed by atoms with Gasteiger partial charge < -0.3 is 16.2 Å². The topological polar surface area (TPSA) is 75.4 Å². The number of carbonyl (C=O) groups is 1. The first-order valence-electron chi connectivity index (χ1n) is 5.56. The van der Waals surface area contributed by atoms with Crippen LogP contribution in [0, 0.1) is 0 Å². The van der Waals surface area contributed by atoms with Gasteiger partial charge in [0.25, 0.3) is 5.91 Å². The van der Waals surface area contributed by atoms with Gasteiger partial charge in [0, 0.05) is 16.9 Å². The van der Waals surface area contributed by atoms with Gasteiger partial charge in [0.15, 0.2) is 0 Å². The molecular weight excluding hydrogens is 228 g/mol. The minimum Gasteiger partial charge on any atom is -0.399 e. The van der Waals surface area contributed by atoms with Crippen LogP contribution in [0.5, 0.6) is 0 Å². The molecule has 92 valence electrons. The molecular formula is C14H14N2O2. The van der Waals surface area contributed by atoms with E-state index in [9.17, 15) is 4.79 Å². The average molecular weight is 242 g/mol. The summed E-state index contributed by atoms with van der Waals surface area (Å²) >= 11 is 0. The molecule has 4 nitrogen and oxygen atoms in total. The first-order chi connectivity index (χ1) is 8.69. The number of nitrogens with one attached hydrogen (secondary N) is 1. The maximum Gasteiger partial charge on any atom is 0.255 e. The standard InChI is InChI=1S/C14H14N2O2/c15-12-5-3-11(4-6-12)14(18)16-13-7-1-10(9-17)2-8-13/h1-8,17H,9,15H2,(H,16,18). The van der Waals surface area contributed by atoms with Crippen LogP contribution in [0.25, 0.3) is 0 Å². The zero-order valence-electron chi connectivity index (χ0n) is 9.76. The van der Waals surface area contributed by atoms with Crippen molar-refractivity contribution in [3.05, 3.63) is 59.7 Å². The van der Waals surface area contributed by atoms with E-state index in [4.69, 9.17) is 10.8 Å². The Kier molecular flexibility index (Phi) is 3.60. The third-order valence-electron chi connectivity index (χ3n) is 2.57. The van der Waals surface area contributed by atoms with Gasteiger partial charge >= 0.3 is 0 Å². The van der Waals surface area contributed by atoms with Gasteiger partial charge in [-0.3, -0.25) is 4.79 Å². The number of amides is 1. The van der Waals surface area contributed by atoms with Crippen molar-refractivity contribution in [2.24, 2.45) is 0 Å². The zero-order valence-corrected chi connectivity index (χ0v) is 9.76. The van der Waals surface area contributed by atoms with E-state index in [1.807, 2.05) is 0 Å². The van der Waals surface area contributed by atoms with E-state index in [-0.39, 0.29) is 12.5 Å². The number of rotatable bonds is 3. The second-order valence-corrected chi connectivity index (χ2v) is 3.93. The molecule has 0 aromatic heterocycles. The fourth-order valence-electron chi connectivity index (χ4n) is 1.53. The Morgan fingerprint density at radius 3 is 2.22 bits per heavy atom. The summed E-state index contributed by atoms with van der Waals surface area (Å²) in [6, 6.07) is 13.7. The van der Waals surface area contributed by atoms with Gasteiger partial charge in [-0.2, -0.15) is 0 Å². The molecule has 0 fully saturated rings. The molecule has 0 radical (unpaired) electrons. The molecule has 0 saturated carbocycles. The number of hydrogen-bond acceptors (Lipinski definition) is 3. The molecule has 0 heterocycles. The van der Waals surface area contributed by atoms with Crippen LogP contribution in [0.1, 0.15) is 15.9 Å². The highest BCUT2D eigenvalue weighted by molar-refractivity contribution is 6.04. The van der Waals surface area contributed by atoms with E-state index < -0.39 is 0 Å². The molecule has 0 bridgehead atoms. The summed E-state index contributed by atoms with van der Waals surface area (Å²) in [7, 11) is 0. The number of aliphatic hydroxyl groups is 1. The lowest BCUT2D eigenvalue weighted by Crippen LogP contribution is -2.11. The zero-order chi connectivity index (χ0) is 13.0. The Balaban J connectivity index is 2.08. The van der Waals surface area contributed by atoms with Crippen LogP contribution in [0.15, 0.2) is 48.5 Å². The Labute approximate surface area is 105 Å². The quantitative estimate of drug-likeness (QED) is 0.721. The predicted octanol–water partition coefficient (Wildman–Crippen LogP) is 2.01. The van der Waals surface area contributed by atoms with E-state index >= 15 is 0 Å². The minimum absolute atomic E-state index is 0.00775. The Hall–Kier alpha value is -2.33. The summed E-state index contributed by atoms with van der Waals surface area (Å²) in [5.74, 6) is -0.188. The molecule has 4 N–H and O–H groups in total. The summed E-state index contributed by atoms with van der Waals surface area (Å²) in [4.78, 5) is 11.9. The van der Waals surface area contributed by atoms with Crippen molar-refractivity contribution in [3.63, 3.8) is 0 Å². The van der Waals surface area contributed by atoms with E-state index in [0.717, 1.165) is 5.56 Å². The summed E-state index contributed by atoms with van der Waals surface area (Å²) in [5.41, 5.74) is 8.23. The fraction of sp³-hybridized carbons (Fsp3) is 0.0714. The summed E-state index contributed by atoms with van der Waals surface area (Å²) in [6.45, 7) is -0.00775. The third-order valence-corrected chi connectivity index (χ3v) is 2.57. The Morgan fingerprint density at radius 1 is 1.06 bits per heavy atom. The second-order valence-electron chi connectivity index (χ2n) is 3.93. The summed E-state index contributed by atoms with van der Waals surface area (Å²) in [6.07, 6.45) is 0. The molecule has 2 aromatic rings. The lowest BCUT2D eigenvalue weighted by atomic mass is 10.2. The number of benzene rings is 2. The highest BCUT2D eigenvalue weighted by atomic mass is 16.3. The number of nitrogen functional groups attached to an aromatic ring is 1. The highest BCUT2D eigenvalue weighted by Gasteiger charge is 2.05. The van der Waals surface area contributed by atoms with Crippen molar-refractivity contribution in [1.29, 1.82) is 0 Å². The van der Waals surface area contributed by atoms with Crippen molar-refractivity contribution < 1.29 is 9.90 Å². The van der Waals surface area contributed by atoms with Crippen LogP contribution in [0.3, 0.4) is 0 Å². The summed E-state index contributed by atoms with van der Waals surface area (Å²) < 4.78 is 0. The lowest BCUT2D eigenvalue weighted by molar-refractivity contribution is 0.102. The van der Waals surface area contributed by atoms with E-state index in [1.54, 1.807) is 48.5 Å².